The molecule has 3 aromatic carbocycles. The summed E-state index contributed by atoms with van der Waals surface area (Å²) in [6.07, 6.45) is 0.620. The van der Waals surface area contributed by atoms with E-state index < -0.39 is 5.60 Å². The van der Waals surface area contributed by atoms with Crippen LogP contribution in [0.2, 0.25) is 0 Å². The van der Waals surface area contributed by atoms with E-state index in [4.69, 9.17) is 0 Å². The van der Waals surface area contributed by atoms with Crippen molar-refractivity contribution in [1.82, 2.24) is 9.80 Å². The Kier molecular flexibility index (Phi) is 6.10. The highest BCUT2D eigenvalue weighted by Gasteiger charge is 2.37. The third-order valence-electron chi connectivity index (χ3n) is 6.15. The Morgan fingerprint density at radius 3 is 1.66 bits per heavy atom. The molecule has 1 aliphatic heterocycles. The van der Waals surface area contributed by atoms with E-state index in [1.807, 2.05) is 60.7 Å². The molecule has 1 N–H and O–H groups in total. The fourth-order valence-electron chi connectivity index (χ4n) is 4.38. The Bertz CT molecular complexity index is 835. The lowest BCUT2D eigenvalue weighted by Crippen LogP contribution is -2.47. The molecule has 1 atom stereocenters. The van der Waals surface area contributed by atoms with Crippen LogP contribution in [0.5, 0.6) is 0 Å². The number of hydrogen-bond donors (Lipinski definition) is 1. The summed E-state index contributed by atoms with van der Waals surface area (Å²) in [5, 5.41) is 12.1. The summed E-state index contributed by atoms with van der Waals surface area (Å²) in [5.74, 6) is 0. The molecular formula is C26H30N2O. The summed E-state index contributed by atoms with van der Waals surface area (Å²) in [5.41, 5.74) is 2.11. The minimum absolute atomic E-state index is 0.148. The molecular weight excluding hydrogens is 356 g/mol. The highest BCUT2D eigenvalue weighted by atomic mass is 16.3. The monoisotopic (exact) mass is 386 g/mol. The molecule has 150 valence electrons. The van der Waals surface area contributed by atoms with Gasteiger partial charge in [-0.3, -0.25) is 4.90 Å². The first-order valence-corrected chi connectivity index (χ1v) is 10.5. The molecule has 1 fully saturated rings. The molecule has 1 saturated heterocycles. The molecule has 0 radical (unpaired) electrons. The topological polar surface area (TPSA) is 26.7 Å². The summed E-state index contributed by atoms with van der Waals surface area (Å²) in [6, 6.07) is 31.0. The summed E-state index contributed by atoms with van der Waals surface area (Å²) >= 11 is 0. The average molecular weight is 387 g/mol. The van der Waals surface area contributed by atoms with Gasteiger partial charge in [0.25, 0.3) is 0 Å². The molecule has 3 aromatic rings. The molecule has 0 saturated carbocycles. The number of hydrogen-bond acceptors (Lipinski definition) is 3. The van der Waals surface area contributed by atoms with Crippen molar-refractivity contribution < 1.29 is 5.11 Å². The first kappa shape index (κ1) is 19.8. The van der Waals surface area contributed by atoms with Gasteiger partial charge >= 0.3 is 0 Å². The van der Waals surface area contributed by atoms with E-state index in [9.17, 15) is 5.11 Å². The third-order valence-corrected chi connectivity index (χ3v) is 6.15. The van der Waals surface area contributed by atoms with Gasteiger partial charge in [0, 0.05) is 38.6 Å². The SMILES string of the molecule is CN1CCN([C@H](CC(O)(c2ccccc2)c2ccccc2)c2ccccc2)CC1. The van der Waals surface area contributed by atoms with Crippen LogP contribution in [0.1, 0.15) is 29.2 Å². The van der Waals surface area contributed by atoms with Gasteiger partial charge in [0.05, 0.1) is 0 Å². The van der Waals surface area contributed by atoms with E-state index >= 15 is 0 Å². The molecule has 1 heterocycles. The molecule has 0 unspecified atom stereocenters. The van der Waals surface area contributed by atoms with Gasteiger partial charge in [-0.25, -0.2) is 0 Å². The highest BCUT2D eigenvalue weighted by molar-refractivity contribution is 5.37. The smallest absolute Gasteiger partial charge is 0.116 e. The third kappa shape index (κ3) is 4.43. The Balaban J connectivity index is 1.74. The van der Waals surface area contributed by atoms with Crippen molar-refractivity contribution in [3.05, 3.63) is 108 Å². The first-order chi connectivity index (χ1) is 14.2. The summed E-state index contributed by atoms with van der Waals surface area (Å²) in [6.45, 7) is 4.13. The second-order valence-corrected chi connectivity index (χ2v) is 8.06. The van der Waals surface area contributed by atoms with Crippen molar-refractivity contribution in [3.63, 3.8) is 0 Å². The zero-order chi connectivity index (χ0) is 20.1. The van der Waals surface area contributed by atoms with Crippen LogP contribution in [0, 0.1) is 0 Å². The molecule has 0 aliphatic carbocycles. The van der Waals surface area contributed by atoms with Crippen LogP contribution in [0.15, 0.2) is 91.0 Å². The van der Waals surface area contributed by atoms with E-state index in [2.05, 4.69) is 47.2 Å². The summed E-state index contributed by atoms with van der Waals surface area (Å²) in [7, 11) is 2.18. The van der Waals surface area contributed by atoms with E-state index in [0.29, 0.717) is 6.42 Å². The molecule has 0 spiro atoms. The van der Waals surface area contributed by atoms with Gasteiger partial charge in [0.2, 0.25) is 0 Å². The number of likely N-dealkylation sites (N-methyl/N-ethyl adjacent to an activating group) is 1. The van der Waals surface area contributed by atoms with Crippen molar-refractivity contribution in [1.29, 1.82) is 0 Å². The van der Waals surface area contributed by atoms with Crippen LogP contribution < -0.4 is 0 Å². The standard InChI is InChI=1S/C26H30N2O/c1-27-17-19-28(20-18-27)25(22-11-5-2-6-12-22)21-26(29,23-13-7-3-8-14-23)24-15-9-4-10-16-24/h2-16,25,29H,17-21H2,1H3/t25-/m1/s1. The Hall–Kier alpha value is -2.46. The van der Waals surface area contributed by atoms with Gasteiger partial charge in [-0.1, -0.05) is 91.0 Å². The number of rotatable bonds is 6. The van der Waals surface area contributed by atoms with E-state index in [1.54, 1.807) is 0 Å². The van der Waals surface area contributed by atoms with Crippen molar-refractivity contribution in [2.45, 2.75) is 18.1 Å². The Morgan fingerprint density at radius 1 is 0.724 bits per heavy atom. The fraction of sp³-hybridized carbons (Fsp3) is 0.308. The van der Waals surface area contributed by atoms with Crippen molar-refractivity contribution in [2.75, 3.05) is 33.2 Å². The first-order valence-electron chi connectivity index (χ1n) is 10.5. The maximum absolute atomic E-state index is 12.1. The van der Waals surface area contributed by atoms with Crippen LogP contribution in [-0.4, -0.2) is 48.1 Å². The largest absolute Gasteiger partial charge is 0.380 e. The van der Waals surface area contributed by atoms with E-state index in [-0.39, 0.29) is 6.04 Å². The van der Waals surface area contributed by atoms with Crippen molar-refractivity contribution in [2.24, 2.45) is 0 Å². The zero-order valence-electron chi connectivity index (χ0n) is 17.1. The average Bonchev–Trinajstić information content (AvgIpc) is 2.80. The van der Waals surface area contributed by atoms with Gasteiger partial charge in [0.1, 0.15) is 5.60 Å². The minimum Gasteiger partial charge on any atom is -0.380 e. The van der Waals surface area contributed by atoms with Crippen LogP contribution in [0.4, 0.5) is 0 Å². The molecule has 3 nitrogen and oxygen atoms in total. The Morgan fingerprint density at radius 2 is 1.17 bits per heavy atom. The van der Waals surface area contributed by atoms with Crippen molar-refractivity contribution in [3.8, 4) is 0 Å². The maximum Gasteiger partial charge on any atom is 0.116 e. The lowest BCUT2D eigenvalue weighted by Gasteiger charge is -2.42. The molecule has 1 aliphatic rings. The highest BCUT2D eigenvalue weighted by Crippen LogP contribution is 2.40. The molecule has 0 aromatic heterocycles. The number of aliphatic hydroxyl groups is 1. The molecule has 0 bridgehead atoms. The van der Waals surface area contributed by atoms with Gasteiger partial charge in [-0.05, 0) is 23.7 Å². The lowest BCUT2D eigenvalue weighted by atomic mass is 9.79. The summed E-state index contributed by atoms with van der Waals surface area (Å²) < 4.78 is 0. The Labute approximate surface area is 174 Å². The fourth-order valence-corrected chi connectivity index (χ4v) is 4.38. The van der Waals surface area contributed by atoms with Gasteiger partial charge in [-0.2, -0.15) is 0 Å². The van der Waals surface area contributed by atoms with Crippen LogP contribution >= 0.6 is 0 Å². The van der Waals surface area contributed by atoms with Gasteiger partial charge in [-0.15, -0.1) is 0 Å². The normalized spacial score (nSPS) is 17.2. The minimum atomic E-state index is -1.05. The predicted molar refractivity (Wildman–Crippen MR) is 119 cm³/mol. The molecule has 0 amide bonds. The van der Waals surface area contributed by atoms with Crippen molar-refractivity contribution >= 4 is 0 Å². The second-order valence-electron chi connectivity index (χ2n) is 8.06. The van der Waals surface area contributed by atoms with E-state index in [0.717, 1.165) is 37.3 Å². The van der Waals surface area contributed by atoms with Crippen LogP contribution in [0.25, 0.3) is 0 Å². The van der Waals surface area contributed by atoms with Gasteiger partial charge < -0.3 is 10.0 Å². The molecule has 29 heavy (non-hydrogen) atoms. The van der Waals surface area contributed by atoms with Gasteiger partial charge in [0.15, 0.2) is 0 Å². The molecule has 3 heteroatoms. The van der Waals surface area contributed by atoms with Crippen LogP contribution in [0.3, 0.4) is 0 Å². The number of piperazine rings is 1. The number of benzene rings is 3. The summed E-state index contributed by atoms with van der Waals surface area (Å²) in [4.78, 5) is 4.91. The second kappa shape index (κ2) is 8.91. The predicted octanol–water partition coefficient (Wildman–Crippen LogP) is 4.30. The maximum atomic E-state index is 12.1. The zero-order valence-corrected chi connectivity index (χ0v) is 17.1. The molecule has 4 rings (SSSR count). The lowest BCUT2D eigenvalue weighted by molar-refractivity contribution is 0.0190. The number of nitrogens with zero attached hydrogens (tertiary/aromatic N) is 2. The van der Waals surface area contributed by atoms with E-state index in [1.165, 1.54) is 5.56 Å². The van der Waals surface area contributed by atoms with Crippen LogP contribution in [-0.2, 0) is 5.60 Å². The quantitative estimate of drug-likeness (QED) is 0.684.